The minimum atomic E-state index is -2.92. The van der Waals surface area contributed by atoms with Crippen molar-refractivity contribution in [2.24, 2.45) is 5.92 Å². The van der Waals surface area contributed by atoms with Gasteiger partial charge in [-0.25, -0.2) is 4.79 Å². The summed E-state index contributed by atoms with van der Waals surface area (Å²) in [5.74, 6) is 1.53. The normalized spacial score (nSPS) is 26.0. The molecule has 7 atom stereocenters. The van der Waals surface area contributed by atoms with E-state index < -0.39 is 35.4 Å². The third-order valence-electron chi connectivity index (χ3n) is 11.9. The molecule has 2 saturated heterocycles. The smallest absolute Gasteiger partial charge is 0.351 e. The lowest BCUT2D eigenvalue weighted by Crippen LogP contribution is -2.39. The zero-order chi connectivity index (χ0) is 42.8. The summed E-state index contributed by atoms with van der Waals surface area (Å²) in [6, 6.07) is 36.0. The van der Waals surface area contributed by atoms with E-state index in [1.54, 1.807) is 62.1 Å². The molecule has 1 aromatic heterocycles. The van der Waals surface area contributed by atoms with Gasteiger partial charge in [-0.15, -0.1) is 0 Å². The Hall–Kier alpha value is -4.59. The number of carbonyl (C=O) groups excluding carboxylic acids is 1. The first-order valence-electron chi connectivity index (χ1n) is 20.3. The number of hydrogen-bond acceptors (Lipinski definition) is 11. The fourth-order valence-corrected chi connectivity index (χ4v) is 16.1. The Morgan fingerprint density at radius 3 is 2.13 bits per heavy atom. The summed E-state index contributed by atoms with van der Waals surface area (Å²) >= 11 is 7.97. The number of carbonyl (C=O) groups is 1. The van der Waals surface area contributed by atoms with E-state index in [2.05, 4.69) is 30.7 Å². The average Bonchev–Trinajstić information content (AvgIpc) is 3.79. The maximum atomic E-state index is 13.7. The van der Waals surface area contributed by atoms with Crippen molar-refractivity contribution < 1.29 is 32.8 Å². The summed E-state index contributed by atoms with van der Waals surface area (Å²) in [6.07, 6.45) is 2.48. The van der Waals surface area contributed by atoms with E-state index in [-0.39, 0.29) is 35.6 Å². The molecule has 3 heterocycles. The highest BCUT2D eigenvalue weighted by atomic mass is 32.9. The Labute approximate surface area is 365 Å². The van der Waals surface area contributed by atoms with Crippen molar-refractivity contribution in [2.75, 3.05) is 26.1 Å². The topological polar surface area (TPSA) is 119 Å². The average molecular weight is 880 g/mol. The molecule has 14 heteroatoms. The van der Waals surface area contributed by atoms with E-state index in [4.69, 9.17) is 39.8 Å². The Bertz CT molecular complexity index is 2410. The summed E-state index contributed by atoms with van der Waals surface area (Å²) in [6.45, 7) is 8.59. The van der Waals surface area contributed by atoms with Crippen molar-refractivity contribution in [3.8, 4) is 11.5 Å². The van der Waals surface area contributed by atoms with Crippen LogP contribution in [0.2, 0.25) is 0 Å². The fraction of sp³-hybridized carbons (Fsp3) is 0.340. The van der Waals surface area contributed by atoms with E-state index in [0.29, 0.717) is 23.0 Å². The van der Waals surface area contributed by atoms with Gasteiger partial charge < -0.3 is 33.3 Å². The molecular formula is C47H50N3O8PS2. The van der Waals surface area contributed by atoms with Gasteiger partial charge in [0.15, 0.2) is 0 Å². The van der Waals surface area contributed by atoms with E-state index in [0.717, 1.165) is 41.5 Å². The zero-order valence-electron chi connectivity index (χ0n) is 34.6. The first-order valence-corrected chi connectivity index (χ1v) is 24.4. The molecule has 0 spiro atoms. The quantitative estimate of drug-likeness (QED) is 0.0653. The number of rotatable bonds is 14. The van der Waals surface area contributed by atoms with Crippen LogP contribution in [0.15, 0.2) is 138 Å². The molecule has 61 heavy (non-hydrogen) atoms. The molecule has 0 radical (unpaired) electrons. The van der Waals surface area contributed by atoms with E-state index >= 15 is 0 Å². The zero-order valence-corrected chi connectivity index (χ0v) is 37.1. The summed E-state index contributed by atoms with van der Waals surface area (Å²) in [5, 5.41) is 2.72. The van der Waals surface area contributed by atoms with Crippen LogP contribution in [0.4, 0.5) is 5.82 Å². The molecular weight excluding hydrogens is 830 g/mol. The van der Waals surface area contributed by atoms with Gasteiger partial charge in [0.25, 0.3) is 5.91 Å². The predicted molar refractivity (Wildman–Crippen MR) is 242 cm³/mol. The van der Waals surface area contributed by atoms with Crippen LogP contribution in [0, 0.1) is 5.92 Å². The number of ether oxygens (including phenoxy) is 4. The van der Waals surface area contributed by atoms with E-state index in [1.165, 1.54) is 4.57 Å². The molecule has 318 valence electrons. The van der Waals surface area contributed by atoms with Crippen LogP contribution >= 0.6 is 17.1 Å². The second-order valence-corrected chi connectivity index (χ2v) is 22.5. The van der Waals surface area contributed by atoms with Gasteiger partial charge in [-0.05, 0) is 110 Å². The first-order chi connectivity index (χ1) is 29.4. The molecule has 3 fully saturated rings. The van der Waals surface area contributed by atoms with Gasteiger partial charge in [-0.2, -0.15) is 4.98 Å². The lowest BCUT2D eigenvalue weighted by Gasteiger charge is -2.37. The molecule has 2 aliphatic heterocycles. The number of nitrogens with zero attached hydrogens (tertiary/aromatic N) is 2. The second kappa shape index (κ2) is 18.0. The molecule has 1 aliphatic carbocycles. The van der Waals surface area contributed by atoms with Crippen LogP contribution in [0.1, 0.15) is 72.8 Å². The maximum absolute atomic E-state index is 13.7. The van der Waals surface area contributed by atoms with Gasteiger partial charge in [0, 0.05) is 22.9 Å². The highest BCUT2D eigenvalue weighted by Crippen LogP contribution is 2.76. The predicted octanol–water partition coefficient (Wildman–Crippen LogP) is 9.69. The number of benzene rings is 4. The number of methoxy groups -OCH3 is 2. The molecule has 1 amide bonds. The van der Waals surface area contributed by atoms with Crippen molar-refractivity contribution in [1.29, 1.82) is 0 Å². The van der Waals surface area contributed by atoms with Crippen LogP contribution in [0.3, 0.4) is 0 Å². The summed E-state index contributed by atoms with van der Waals surface area (Å²) in [4.78, 5) is 30.8. The molecule has 8 rings (SSSR count). The standard InChI is InChI=1S/C47H50N3O8PS2/c1-31(2)33-24-26-46(3)41(28-33)58-59(60,61-46)57-39-29-43(50-27-25-42(49-45(50)52)48-44(51)32-12-8-6-9-13-32)56-40(39)30-55-47(34-14-10-7-11-15-34,35-16-20-37(53-4)21-17-35)36-18-22-38(54-5)23-19-36/h6-23,25,27,33,39-41,43H,1,24,26,28-30H2,2-5H3,(H,48,49,51,52)/t33-,39+,40-,41+,43-,46+,59?/m1/s1. The number of fused-ring (bicyclic) bond motifs is 1. The lowest BCUT2D eigenvalue weighted by atomic mass is 9.77. The first kappa shape index (κ1) is 43.1. The number of aromatic nitrogens is 2. The van der Waals surface area contributed by atoms with Gasteiger partial charge >= 0.3 is 5.69 Å². The minimum absolute atomic E-state index is 0.0416. The number of allylic oxidation sites excluding steroid dienone is 1. The molecule has 0 bridgehead atoms. The molecule has 1 saturated carbocycles. The van der Waals surface area contributed by atoms with Gasteiger partial charge in [0.2, 0.25) is 5.69 Å². The Morgan fingerprint density at radius 2 is 1.54 bits per heavy atom. The van der Waals surface area contributed by atoms with Gasteiger partial charge in [0.05, 0.1) is 33.0 Å². The van der Waals surface area contributed by atoms with Crippen molar-refractivity contribution >= 4 is 40.6 Å². The van der Waals surface area contributed by atoms with Gasteiger partial charge in [-0.3, -0.25) is 9.36 Å². The third kappa shape index (κ3) is 9.02. The molecule has 5 aromatic rings. The summed E-state index contributed by atoms with van der Waals surface area (Å²) < 4.78 is 40.2. The monoisotopic (exact) mass is 879 g/mol. The largest absolute Gasteiger partial charge is 0.497 e. The lowest BCUT2D eigenvalue weighted by molar-refractivity contribution is -0.0917. The number of nitrogens with one attached hydrogen (secondary N) is 1. The fourth-order valence-electron chi connectivity index (χ4n) is 8.49. The van der Waals surface area contributed by atoms with Gasteiger partial charge in [0.1, 0.15) is 35.2 Å². The van der Waals surface area contributed by atoms with Crippen molar-refractivity contribution in [1.82, 2.24) is 9.55 Å². The highest BCUT2D eigenvalue weighted by molar-refractivity contribution is 8.68. The van der Waals surface area contributed by atoms with Gasteiger partial charge in [-0.1, -0.05) is 96.3 Å². The van der Waals surface area contributed by atoms with Crippen molar-refractivity contribution in [3.63, 3.8) is 0 Å². The Balaban J connectivity index is 1.14. The van der Waals surface area contributed by atoms with Crippen LogP contribution in [-0.2, 0) is 35.9 Å². The van der Waals surface area contributed by atoms with Crippen LogP contribution < -0.4 is 20.5 Å². The Kier molecular flexibility index (Phi) is 12.7. The third-order valence-corrected chi connectivity index (χ3v) is 17.7. The minimum Gasteiger partial charge on any atom is -0.497 e. The van der Waals surface area contributed by atoms with Crippen molar-refractivity contribution in [3.05, 3.63) is 166 Å². The Morgan fingerprint density at radius 1 is 0.934 bits per heavy atom. The van der Waals surface area contributed by atoms with E-state index in [9.17, 15) is 9.59 Å². The number of anilines is 1. The van der Waals surface area contributed by atoms with E-state index in [1.807, 2.05) is 84.9 Å². The van der Waals surface area contributed by atoms with Crippen LogP contribution in [-0.4, -0.2) is 59.3 Å². The molecule has 11 nitrogen and oxygen atoms in total. The van der Waals surface area contributed by atoms with Crippen molar-refractivity contribution in [2.45, 2.75) is 74.4 Å². The van der Waals surface area contributed by atoms with Crippen LogP contribution in [0.25, 0.3) is 0 Å². The highest BCUT2D eigenvalue weighted by Gasteiger charge is 2.55. The molecule has 1 unspecified atom stereocenters. The number of amides is 1. The molecule has 4 aromatic carbocycles. The summed E-state index contributed by atoms with van der Waals surface area (Å²) in [5.41, 5.74) is -0.444. The molecule has 3 aliphatic rings. The summed E-state index contributed by atoms with van der Waals surface area (Å²) in [7, 11) is 3.27. The maximum Gasteiger partial charge on any atom is 0.351 e. The SMILES string of the molecule is C=C(C)[C@@H]1CC[C@]2(C)SP(=S)(O[C@H]3C[C@H](n4ccc(NC(=O)c5ccccc5)nc4=O)O[C@@H]3COC(c3ccccc3)(c3ccc(OC)cc3)c3ccc(OC)cc3)O[C@H]2C1. The van der Waals surface area contributed by atoms with Crippen LogP contribution in [0.5, 0.6) is 11.5 Å². The second-order valence-electron chi connectivity index (χ2n) is 15.9. The molecule has 1 N–H and O–H groups in total. The number of hydrogen-bond donors (Lipinski definition) is 1.